The van der Waals surface area contributed by atoms with E-state index in [1.54, 1.807) is 0 Å². The number of non-ortho nitro benzene ring substituents is 2. The summed E-state index contributed by atoms with van der Waals surface area (Å²) in [6.45, 7) is 3.75. The van der Waals surface area contributed by atoms with Gasteiger partial charge in [-0.1, -0.05) is 30.9 Å². The van der Waals surface area contributed by atoms with E-state index in [0.717, 1.165) is 24.3 Å². The number of para-hydroxylation sites is 1. The zero-order valence-electron chi connectivity index (χ0n) is 12.9. The summed E-state index contributed by atoms with van der Waals surface area (Å²) in [4.78, 5) is 21.1. The van der Waals surface area contributed by atoms with E-state index >= 15 is 0 Å². The lowest BCUT2D eigenvalue weighted by Crippen LogP contribution is -2.09. The molecule has 0 aliphatic rings. The van der Waals surface area contributed by atoms with E-state index < -0.39 is 9.85 Å². The molecule has 0 amide bonds. The summed E-state index contributed by atoms with van der Waals surface area (Å²) >= 11 is 0. The molecule has 0 aliphatic carbocycles. The van der Waals surface area contributed by atoms with Crippen molar-refractivity contribution in [1.82, 2.24) is 0 Å². The van der Waals surface area contributed by atoms with Gasteiger partial charge in [0, 0.05) is 44.0 Å². The van der Waals surface area contributed by atoms with Crippen molar-refractivity contribution in [2.24, 2.45) is 0 Å². The average Bonchev–Trinajstić information content (AvgIpc) is 2.55. The van der Waals surface area contributed by atoms with Gasteiger partial charge in [-0.25, -0.2) is 0 Å². The van der Waals surface area contributed by atoms with Gasteiger partial charge in [0.25, 0.3) is 11.4 Å². The zero-order valence-corrected chi connectivity index (χ0v) is 12.9. The number of nitro groups is 2. The van der Waals surface area contributed by atoms with Crippen LogP contribution in [-0.2, 0) is 0 Å². The first-order valence-corrected chi connectivity index (χ1v) is 6.64. The number of hydrogen-bond acceptors (Lipinski definition) is 5. The Balaban J connectivity index is 0.000000231. The Bertz CT molecular complexity index is 664. The molecule has 2 aromatic rings. The Hall–Kier alpha value is -3.22. The van der Waals surface area contributed by atoms with Crippen LogP contribution in [0.5, 0.6) is 0 Å². The fraction of sp³-hybridized carbons (Fsp3) is 0.125. The Morgan fingerprint density at radius 1 is 0.913 bits per heavy atom. The molecule has 2 aromatic carbocycles. The summed E-state index contributed by atoms with van der Waals surface area (Å²) < 4.78 is 0. The fourth-order valence-corrected chi connectivity index (χ4v) is 1.76. The highest BCUT2D eigenvalue weighted by atomic mass is 16.6. The topological polar surface area (TPSA) is 89.5 Å². The van der Waals surface area contributed by atoms with E-state index in [1.807, 2.05) is 32.3 Å². The van der Waals surface area contributed by atoms with Gasteiger partial charge in [0.1, 0.15) is 0 Å². The smallest absolute Gasteiger partial charge is 0.269 e. The van der Waals surface area contributed by atoms with E-state index in [1.165, 1.54) is 11.3 Å². The number of nitro benzene ring substituents is 2. The van der Waals surface area contributed by atoms with Gasteiger partial charge < -0.3 is 4.90 Å². The highest BCUT2D eigenvalue weighted by Crippen LogP contribution is 2.18. The third-order valence-electron chi connectivity index (χ3n) is 2.91. The zero-order chi connectivity index (χ0) is 17.4. The maximum atomic E-state index is 10.1. The van der Waals surface area contributed by atoms with Gasteiger partial charge in [-0.3, -0.25) is 20.2 Å². The van der Waals surface area contributed by atoms with Crippen molar-refractivity contribution >= 4 is 23.1 Å². The van der Waals surface area contributed by atoms with E-state index in [0.29, 0.717) is 0 Å². The molecule has 0 spiro atoms. The molecular formula is C16H17N3O4. The lowest BCUT2D eigenvalue weighted by atomic mass is 10.1. The quantitative estimate of drug-likeness (QED) is 0.630. The van der Waals surface area contributed by atoms with Crippen LogP contribution in [0.2, 0.25) is 0 Å². The number of rotatable bonds is 4. The molecule has 0 saturated carbocycles. The first-order valence-electron chi connectivity index (χ1n) is 6.64. The number of anilines is 1. The van der Waals surface area contributed by atoms with Gasteiger partial charge in [0.05, 0.1) is 9.85 Å². The van der Waals surface area contributed by atoms with Crippen LogP contribution < -0.4 is 4.90 Å². The SMILES string of the molecule is C=Cc1ccccc1N(C)C.O=[N+]([O-])c1ccc([N+](=O)[O-])cc1. The molecule has 0 heterocycles. The predicted octanol–water partition coefficient (Wildman–Crippen LogP) is 3.90. The molecule has 120 valence electrons. The van der Waals surface area contributed by atoms with Gasteiger partial charge in [-0.2, -0.15) is 0 Å². The Kier molecular flexibility index (Phi) is 6.42. The lowest BCUT2D eigenvalue weighted by Gasteiger charge is -2.14. The minimum Gasteiger partial charge on any atom is -0.377 e. The Labute approximate surface area is 133 Å². The molecule has 23 heavy (non-hydrogen) atoms. The Morgan fingerprint density at radius 3 is 1.65 bits per heavy atom. The average molecular weight is 315 g/mol. The predicted molar refractivity (Wildman–Crippen MR) is 90.6 cm³/mol. The van der Waals surface area contributed by atoms with Crippen molar-refractivity contribution in [2.45, 2.75) is 0 Å². The van der Waals surface area contributed by atoms with Crippen LogP contribution in [0.4, 0.5) is 17.1 Å². The largest absolute Gasteiger partial charge is 0.377 e. The molecule has 2 rings (SSSR count). The fourth-order valence-electron chi connectivity index (χ4n) is 1.76. The van der Waals surface area contributed by atoms with E-state index in [9.17, 15) is 20.2 Å². The van der Waals surface area contributed by atoms with Gasteiger partial charge in [-0.15, -0.1) is 0 Å². The molecule has 0 N–H and O–H groups in total. The van der Waals surface area contributed by atoms with Crippen molar-refractivity contribution in [3.05, 3.63) is 80.9 Å². The van der Waals surface area contributed by atoms with Crippen LogP contribution in [0.15, 0.2) is 55.1 Å². The van der Waals surface area contributed by atoms with Crippen LogP contribution in [0.25, 0.3) is 6.08 Å². The number of hydrogen-bond donors (Lipinski definition) is 0. The molecule has 7 nitrogen and oxygen atoms in total. The second kappa shape index (κ2) is 8.28. The molecule has 0 bridgehead atoms. The van der Waals surface area contributed by atoms with Crippen molar-refractivity contribution in [1.29, 1.82) is 0 Å². The summed E-state index contributed by atoms with van der Waals surface area (Å²) in [6.07, 6.45) is 1.87. The van der Waals surface area contributed by atoms with Gasteiger partial charge in [-0.05, 0) is 11.6 Å². The number of benzene rings is 2. The minimum absolute atomic E-state index is 0.152. The second-order valence-electron chi connectivity index (χ2n) is 4.69. The molecule has 0 aromatic heterocycles. The highest BCUT2D eigenvalue weighted by molar-refractivity contribution is 5.66. The van der Waals surface area contributed by atoms with Crippen molar-refractivity contribution in [3.63, 3.8) is 0 Å². The van der Waals surface area contributed by atoms with E-state index in [-0.39, 0.29) is 11.4 Å². The maximum Gasteiger partial charge on any atom is 0.269 e. The summed E-state index contributed by atoms with van der Waals surface area (Å²) in [5.41, 5.74) is 2.08. The third kappa shape index (κ3) is 5.24. The third-order valence-corrected chi connectivity index (χ3v) is 2.91. The molecule has 0 radical (unpaired) electrons. The van der Waals surface area contributed by atoms with Crippen LogP contribution in [0, 0.1) is 20.2 Å². The van der Waals surface area contributed by atoms with Crippen molar-refractivity contribution in [2.75, 3.05) is 19.0 Å². The molecule has 7 heteroatoms. The highest BCUT2D eigenvalue weighted by Gasteiger charge is 2.08. The molecule has 0 aliphatic heterocycles. The molecule has 0 atom stereocenters. The number of nitrogens with zero attached hydrogens (tertiary/aromatic N) is 3. The monoisotopic (exact) mass is 315 g/mol. The molecule has 0 saturated heterocycles. The van der Waals surface area contributed by atoms with E-state index in [2.05, 4.69) is 23.6 Å². The standard InChI is InChI=1S/C10H13N.C6H4N2O4/c1-4-9-7-5-6-8-10(9)11(2)3;9-7(10)5-1-2-6(4-3-5)8(11)12/h4-8H,1H2,2-3H3;1-4H. The van der Waals surface area contributed by atoms with Crippen LogP contribution in [0.3, 0.4) is 0 Å². The normalized spacial score (nSPS) is 9.30. The molecule has 0 unspecified atom stereocenters. The van der Waals surface area contributed by atoms with Gasteiger partial charge in [0.2, 0.25) is 0 Å². The van der Waals surface area contributed by atoms with Gasteiger partial charge in [0.15, 0.2) is 0 Å². The van der Waals surface area contributed by atoms with E-state index in [4.69, 9.17) is 0 Å². The van der Waals surface area contributed by atoms with Crippen molar-refractivity contribution in [3.8, 4) is 0 Å². The summed E-state index contributed by atoms with van der Waals surface area (Å²) in [5.74, 6) is 0. The molecule has 0 fully saturated rings. The lowest BCUT2D eigenvalue weighted by molar-refractivity contribution is -0.389. The summed E-state index contributed by atoms with van der Waals surface area (Å²) in [5, 5.41) is 20.2. The van der Waals surface area contributed by atoms with Crippen LogP contribution in [0.1, 0.15) is 5.56 Å². The van der Waals surface area contributed by atoms with Crippen molar-refractivity contribution < 1.29 is 9.85 Å². The molecular weight excluding hydrogens is 298 g/mol. The van der Waals surface area contributed by atoms with Crippen LogP contribution >= 0.6 is 0 Å². The first-order chi connectivity index (χ1) is 10.9. The first kappa shape index (κ1) is 17.8. The summed E-state index contributed by atoms with van der Waals surface area (Å²) in [6, 6.07) is 12.6. The maximum absolute atomic E-state index is 10.1. The van der Waals surface area contributed by atoms with Crippen LogP contribution in [-0.4, -0.2) is 23.9 Å². The Morgan fingerprint density at radius 2 is 1.35 bits per heavy atom. The minimum atomic E-state index is -0.607. The van der Waals surface area contributed by atoms with Gasteiger partial charge >= 0.3 is 0 Å². The summed E-state index contributed by atoms with van der Waals surface area (Å²) in [7, 11) is 4.06. The second-order valence-corrected chi connectivity index (χ2v) is 4.69.